The van der Waals surface area contributed by atoms with Crippen LogP contribution < -0.4 is 5.32 Å². The third-order valence-corrected chi connectivity index (χ3v) is 4.47. The van der Waals surface area contributed by atoms with Crippen molar-refractivity contribution < 1.29 is 14.3 Å². The van der Waals surface area contributed by atoms with Crippen molar-refractivity contribution >= 4 is 12.0 Å². The van der Waals surface area contributed by atoms with E-state index in [0.717, 1.165) is 32.2 Å². The Morgan fingerprint density at radius 1 is 1.29 bits per heavy atom. The van der Waals surface area contributed by atoms with Crippen molar-refractivity contribution in [1.82, 2.24) is 10.2 Å². The van der Waals surface area contributed by atoms with Crippen LogP contribution in [0.15, 0.2) is 0 Å². The van der Waals surface area contributed by atoms with Crippen LogP contribution in [0.5, 0.6) is 0 Å². The van der Waals surface area contributed by atoms with Crippen LogP contribution in [0.1, 0.15) is 53.4 Å². The van der Waals surface area contributed by atoms with Gasteiger partial charge >= 0.3 is 6.09 Å². The maximum absolute atomic E-state index is 12.0. The van der Waals surface area contributed by atoms with Crippen LogP contribution in [0.3, 0.4) is 0 Å². The Morgan fingerprint density at radius 3 is 2.43 bits per heavy atom. The number of amides is 2. The standard InChI is InChI=1S/C16H28N2O3/c1-5-8-17-13(19)12-11-16(12)6-9-18(10-7-16)14(20)21-15(2,3)4/h12H,5-11H2,1-4H3,(H,17,19)/t12-/m0/s1. The van der Waals surface area contributed by atoms with Crippen LogP contribution in [0, 0.1) is 11.3 Å². The van der Waals surface area contributed by atoms with E-state index in [2.05, 4.69) is 12.2 Å². The van der Waals surface area contributed by atoms with Gasteiger partial charge in [-0.15, -0.1) is 0 Å². The van der Waals surface area contributed by atoms with E-state index in [1.165, 1.54) is 0 Å². The molecule has 1 atom stereocenters. The summed E-state index contributed by atoms with van der Waals surface area (Å²) in [5.41, 5.74) is -0.301. The summed E-state index contributed by atoms with van der Waals surface area (Å²) in [4.78, 5) is 25.8. The van der Waals surface area contributed by atoms with E-state index in [9.17, 15) is 9.59 Å². The summed E-state index contributed by atoms with van der Waals surface area (Å²) < 4.78 is 5.40. The average Bonchev–Trinajstić information content (AvgIpc) is 3.08. The molecule has 2 amide bonds. The van der Waals surface area contributed by atoms with Crippen LogP contribution in [0.25, 0.3) is 0 Å². The molecule has 1 aliphatic heterocycles. The van der Waals surface area contributed by atoms with Gasteiger partial charge in [0, 0.05) is 25.6 Å². The molecule has 0 radical (unpaired) electrons. The van der Waals surface area contributed by atoms with E-state index in [1.54, 1.807) is 4.90 Å². The highest BCUT2D eigenvalue weighted by atomic mass is 16.6. The smallest absolute Gasteiger partial charge is 0.410 e. The lowest BCUT2D eigenvalue weighted by Gasteiger charge is -2.34. The molecule has 1 N–H and O–H groups in total. The van der Waals surface area contributed by atoms with Gasteiger partial charge < -0.3 is 15.0 Å². The lowest BCUT2D eigenvalue weighted by Crippen LogP contribution is -2.43. The predicted octanol–water partition coefficient (Wildman–Crippen LogP) is 2.55. The van der Waals surface area contributed by atoms with E-state index in [0.29, 0.717) is 13.1 Å². The van der Waals surface area contributed by atoms with Crippen LogP contribution in [-0.4, -0.2) is 42.1 Å². The van der Waals surface area contributed by atoms with Crippen LogP contribution in [-0.2, 0) is 9.53 Å². The zero-order valence-electron chi connectivity index (χ0n) is 13.7. The Balaban J connectivity index is 1.79. The largest absolute Gasteiger partial charge is 0.444 e. The first kappa shape index (κ1) is 16.1. The summed E-state index contributed by atoms with van der Waals surface area (Å²) in [6, 6.07) is 0. The number of nitrogens with zero attached hydrogens (tertiary/aromatic N) is 1. The number of hydrogen-bond donors (Lipinski definition) is 1. The minimum Gasteiger partial charge on any atom is -0.444 e. The normalized spacial score (nSPS) is 23.8. The molecule has 1 spiro atoms. The summed E-state index contributed by atoms with van der Waals surface area (Å²) in [5.74, 6) is 0.354. The van der Waals surface area contributed by atoms with Crippen molar-refractivity contribution in [1.29, 1.82) is 0 Å². The minimum absolute atomic E-state index is 0.149. The third kappa shape index (κ3) is 3.89. The number of ether oxygens (including phenoxy) is 1. The van der Waals surface area contributed by atoms with Gasteiger partial charge in [0.25, 0.3) is 0 Å². The second kappa shape index (κ2) is 5.85. The third-order valence-electron chi connectivity index (χ3n) is 4.47. The van der Waals surface area contributed by atoms with Crippen molar-refractivity contribution in [3.05, 3.63) is 0 Å². The molecule has 5 heteroatoms. The van der Waals surface area contributed by atoms with E-state index in [4.69, 9.17) is 4.74 Å². The molecule has 0 aromatic heterocycles. The van der Waals surface area contributed by atoms with Gasteiger partial charge in [0.15, 0.2) is 0 Å². The molecule has 0 unspecified atom stereocenters. The number of nitrogens with one attached hydrogen (secondary N) is 1. The van der Waals surface area contributed by atoms with Gasteiger partial charge in [-0.25, -0.2) is 4.79 Å². The molecule has 1 heterocycles. The van der Waals surface area contributed by atoms with Gasteiger partial charge in [0.2, 0.25) is 5.91 Å². The number of hydrogen-bond acceptors (Lipinski definition) is 3. The summed E-state index contributed by atoms with van der Waals surface area (Å²) in [5, 5.41) is 2.99. The molecular formula is C16H28N2O3. The lowest BCUT2D eigenvalue weighted by molar-refractivity contribution is -0.123. The molecule has 0 bridgehead atoms. The number of rotatable bonds is 3. The van der Waals surface area contributed by atoms with Gasteiger partial charge in [0.1, 0.15) is 5.60 Å². The van der Waals surface area contributed by atoms with Crippen LogP contribution >= 0.6 is 0 Å². The molecule has 1 aliphatic carbocycles. The second-order valence-electron chi connectivity index (χ2n) is 7.38. The first-order valence-electron chi connectivity index (χ1n) is 8.03. The fourth-order valence-corrected chi connectivity index (χ4v) is 3.10. The molecule has 21 heavy (non-hydrogen) atoms. The van der Waals surface area contributed by atoms with Crippen LogP contribution in [0.2, 0.25) is 0 Å². The summed E-state index contributed by atoms with van der Waals surface area (Å²) in [7, 11) is 0. The topological polar surface area (TPSA) is 58.6 Å². The molecule has 2 aliphatic rings. The van der Waals surface area contributed by atoms with Crippen molar-refractivity contribution in [3.8, 4) is 0 Å². The summed E-state index contributed by atoms with van der Waals surface area (Å²) in [6.07, 6.45) is 3.54. The zero-order chi connectivity index (χ0) is 15.7. The van der Waals surface area contributed by atoms with E-state index < -0.39 is 5.60 Å². The molecule has 2 rings (SSSR count). The molecule has 0 aromatic rings. The Morgan fingerprint density at radius 2 is 1.90 bits per heavy atom. The van der Waals surface area contributed by atoms with Gasteiger partial charge in [-0.3, -0.25) is 4.79 Å². The van der Waals surface area contributed by atoms with Crippen molar-refractivity contribution in [2.75, 3.05) is 19.6 Å². The number of likely N-dealkylation sites (tertiary alicyclic amines) is 1. The Bertz CT molecular complexity index is 406. The molecule has 2 fully saturated rings. The van der Waals surface area contributed by atoms with Gasteiger partial charge in [-0.2, -0.15) is 0 Å². The lowest BCUT2D eigenvalue weighted by atomic mass is 9.91. The van der Waals surface area contributed by atoms with Crippen molar-refractivity contribution in [3.63, 3.8) is 0 Å². The second-order valence-corrected chi connectivity index (χ2v) is 7.38. The first-order valence-corrected chi connectivity index (χ1v) is 8.03. The van der Waals surface area contributed by atoms with Crippen LogP contribution in [0.4, 0.5) is 4.79 Å². The number of carbonyl (C=O) groups excluding carboxylic acids is 2. The van der Waals surface area contributed by atoms with E-state index >= 15 is 0 Å². The van der Waals surface area contributed by atoms with E-state index in [-0.39, 0.29) is 23.3 Å². The zero-order valence-corrected chi connectivity index (χ0v) is 13.7. The molecule has 5 nitrogen and oxygen atoms in total. The highest BCUT2D eigenvalue weighted by Crippen LogP contribution is 2.59. The Hall–Kier alpha value is -1.26. The average molecular weight is 296 g/mol. The molecule has 0 aromatic carbocycles. The molecule has 120 valence electrons. The van der Waals surface area contributed by atoms with E-state index in [1.807, 2.05) is 20.8 Å². The van der Waals surface area contributed by atoms with Crippen molar-refractivity contribution in [2.45, 2.75) is 59.0 Å². The molecule has 1 saturated heterocycles. The minimum atomic E-state index is -0.450. The predicted molar refractivity (Wildman–Crippen MR) is 80.9 cm³/mol. The Kier molecular flexibility index (Phi) is 4.49. The fraction of sp³-hybridized carbons (Fsp3) is 0.875. The fourth-order valence-electron chi connectivity index (χ4n) is 3.10. The van der Waals surface area contributed by atoms with Gasteiger partial charge in [0.05, 0.1) is 0 Å². The maximum atomic E-state index is 12.0. The quantitative estimate of drug-likeness (QED) is 0.870. The first-order chi connectivity index (χ1) is 9.77. The monoisotopic (exact) mass is 296 g/mol. The van der Waals surface area contributed by atoms with Gasteiger partial charge in [-0.05, 0) is 51.9 Å². The highest BCUT2D eigenvalue weighted by Gasteiger charge is 2.58. The molecular weight excluding hydrogens is 268 g/mol. The molecule has 1 saturated carbocycles. The summed E-state index contributed by atoms with van der Waals surface area (Å²) in [6.45, 7) is 9.86. The van der Waals surface area contributed by atoms with Crippen molar-refractivity contribution in [2.24, 2.45) is 11.3 Å². The Labute approximate surface area is 127 Å². The maximum Gasteiger partial charge on any atom is 0.410 e. The highest BCUT2D eigenvalue weighted by molar-refractivity contribution is 5.82. The number of piperidine rings is 1. The summed E-state index contributed by atoms with van der Waals surface area (Å²) >= 11 is 0. The number of carbonyl (C=O) groups is 2. The SMILES string of the molecule is CCCNC(=O)[C@@H]1CC12CCN(C(=O)OC(C)(C)C)CC2. The van der Waals surface area contributed by atoms with Gasteiger partial charge in [-0.1, -0.05) is 6.92 Å².